The molecule has 8 heteroatoms. The van der Waals surface area contributed by atoms with E-state index in [0.29, 0.717) is 20.8 Å². The molecule has 206 valence electrons. The van der Waals surface area contributed by atoms with Gasteiger partial charge in [-0.1, -0.05) is 41.7 Å². The van der Waals surface area contributed by atoms with Crippen molar-refractivity contribution >= 4 is 23.5 Å². The summed E-state index contributed by atoms with van der Waals surface area (Å²) in [5, 5.41) is 0. The van der Waals surface area contributed by atoms with Crippen molar-refractivity contribution in [2.24, 2.45) is 4.99 Å². The van der Waals surface area contributed by atoms with Crippen LogP contribution in [0.5, 0.6) is 23.0 Å². The van der Waals surface area contributed by atoms with E-state index in [-0.39, 0.29) is 18.4 Å². The minimum atomic E-state index is -0.245. The van der Waals surface area contributed by atoms with Crippen molar-refractivity contribution < 1.29 is 18.9 Å². The maximum atomic E-state index is 14.0. The summed E-state index contributed by atoms with van der Waals surface area (Å²) < 4.78 is 24.2. The second-order valence-electron chi connectivity index (χ2n) is 10.1. The molecule has 1 aliphatic carbocycles. The molecule has 7 nitrogen and oxygen atoms in total. The second-order valence-corrected chi connectivity index (χ2v) is 11.1. The van der Waals surface area contributed by atoms with Crippen LogP contribution in [0.2, 0.25) is 0 Å². The van der Waals surface area contributed by atoms with Gasteiger partial charge in [-0.15, -0.1) is 0 Å². The summed E-state index contributed by atoms with van der Waals surface area (Å²) in [6.45, 7) is 0.209. The fourth-order valence-electron chi connectivity index (χ4n) is 5.70. The van der Waals surface area contributed by atoms with Gasteiger partial charge in [-0.2, -0.15) is 0 Å². The largest absolute Gasteiger partial charge is 0.497 e. The molecule has 0 radical (unpaired) electrons. The minimum absolute atomic E-state index is 0.0509. The number of hydrogen-bond acceptors (Lipinski definition) is 7. The van der Waals surface area contributed by atoms with Crippen molar-refractivity contribution in [3.8, 4) is 23.0 Å². The van der Waals surface area contributed by atoms with Crippen molar-refractivity contribution in [1.29, 1.82) is 0 Å². The van der Waals surface area contributed by atoms with Gasteiger partial charge in [-0.05, 0) is 95.6 Å². The van der Waals surface area contributed by atoms with E-state index in [4.69, 9.17) is 23.9 Å². The van der Waals surface area contributed by atoms with Crippen LogP contribution in [-0.4, -0.2) is 25.6 Å². The van der Waals surface area contributed by atoms with Gasteiger partial charge in [0.1, 0.15) is 11.5 Å². The van der Waals surface area contributed by atoms with Crippen molar-refractivity contribution in [3.05, 3.63) is 120 Å². The van der Waals surface area contributed by atoms with Crippen molar-refractivity contribution in [2.45, 2.75) is 25.3 Å². The van der Waals surface area contributed by atoms with Crippen LogP contribution in [0.4, 0.5) is 0 Å². The van der Waals surface area contributed by atoms with Crippen molar-refractivity contribution in [3.63, 3.8) is 0 Å². The summed E-state index contributed by atoms with van der Waals surface area (Å²) in [6, 6.07) is 21.5. The lowest BCUT2D eigenvalue weighted by Crippen LogP contribution is -2.39. The molecule has 1 unspecified atom stereocenters. The molecule has 2 aliphatic heterocycles. The van der Waals surface area contributed by atoms with Crippen molar-refractivity contribution in [1.82, 2.24) is 4.57 Å². The van der Waals surface area contributed by atoms with Crippen LogP contribution in [0.25, 0.3) is 12.2 Å². The molecular formula is C33H28N2O5S. The molecule has 0 fully saturated rings. The van der Waals surface area contributed by atoms with E-state index in [2.05, 4.69) is 30.3 Å². The third-order valence-corrected chi connectivity index (χ3v) is 8.70. The summed E-state index contributed by atoms with van der Waals surface area (Å²) in [7, 11) is 3.33. The molecule has 0 amide bonds. The van der Waals surface area contributed by atoms with Crippen LogP contribution >= 0.6 is 11.3 Å². The summed E-state index contributed by atoms with van der Waals surface area (Å²) >= 11 is 1.42. The van der Waals surface area contributed by atoms with Crippen LogP contribution in [0.1, 0.15) is 42.0 Å². The lowest BCUT2D eigenvalue weighted by Gasteiger charge is -2.31. The summed E-state index contributed by atoms with van der Waals surface area (Å²) in [5.41, 5.74) is 6.30. The summed E-state index contributed by atoms with van der Waals surface area (Å²) in [5.74, 6) is 3.01. The van der Waals surface area contributed by atoms with Crippen LogP contribution in [0.3, 0.4) is 0 Å². The van der Waals surface area contributed by atoms with Crippen molar-refractivity contribution in [2.75, 3.05) is 21.0 Å². The predicted molar refractivity (Wildman–Crippen MR) is 158 cm³/mol. The zero-order valence-electron chi connectivity index (χ0n) is 22.8. The molecule has 7 rings (SSSR count). The molecule has 0 saturated heterocycles. The molecular weight excluding hydrogens is 536 g/mol. The number of methoxy groups -OCH3 is 2. The lowest BCUT2D eigenvalue weighted by atomic mass is 9.84. The number of ether oxygens (including phenoxy) is 4. The highest BCUT2D eigenvalue weighted by Gasteiger charge is 2.32. The Kier molecular flexibility index (Phi) is 6.47. The maximum absolute atomic E-state index is 14.0. The third-order valence-electron chi connectivity index (χ3n) is 7.72. The monoisotopic (exact) mass is 564 g/mol. The van der Waals surface area contributed by atoms with E-state index in [0.717, 1.165) is 53.1 Å². The number of thiazole rings is 1. The average Bonchev–Trinajstić information content (AvgIpc) is 3.60. The third kappa shape index (κ3) is 4.64. The number of benzene rings is 3. The number of rotatable bonds is 5. The SMILES string of the molecule is COc1ccc(/C=C2\CCCC3=C2N=c2s/c(=C\c4ccc5c(c4)OCO5)c(=O)n2C3c2ccc(OC)cc2)cc1. The highest BCUT2D eigenvalue weighted by molar-refractivity contribution is 7.07. The minimum Gasteiger partial charge on any atom is -0.497 e. The van der Waals surface area contributed by atoms with Crippen LogP contribution < -0.4 is 33.8 Å². The smallest absolute Gasteiger partial charge is 0.271 e. The molecule has 3 aliphatic rings. The Morgan fingerprint density at radius 2 is 1.59 bits per heavy atom. The van der Waals surface area contributed by atoms with E-state index in [1.807, 2.05) is 53.1 Å². The van der Waals surface area contributed by atoms with Gasteiger partial charge < -0.3 is 18.9 Å². The van der Waals surface area contributed by atoms with Gasteiger partial charge in [0.2, 0.25) is 6.79 Å². The Bertz CT molecular complexity index is 1880. The van der Waals surface area contributed by atoms with Gasteiger partial charge in [0, 0.05) is 0 Å². The molecule has 3 heterocycles. The number of fused-ring (bicyclic) bond motifs is 2. The normalized spacial score (nSPS) is 18.6. The van der Waals surface area contributed by atoms with Crippen LogP contribution in [0.15, 0.2) is 93.4 Å². The van der Waals surface area contributed by atoms with E-state index in [9.17, 15) is 4.79 Å². The molecule has 41 heavy (non-hydrogen) atoms. The molecule has 0 bridgehead atoms. The molecule has 0 spiro atoms. The van der Waals surface area contributed by atoms with E-state index in [1.165, 1.54) is 22.5 Å². The van der Waals surface area contributed by atoms with E-state index >= 15 is 0 Å². The Morgan fingerprint density at radius 1 is 0.878 bits per heavy atom. The summed E-state index contributed by atoms with van der Waals surface area (Å²) in [4.78, 5) is 19.9. The number of aromatic nitrogens is 1. The first-order chi connectivity index (χ1) is 20.1. The second kappa shape index (κ2) is 10.4. The fraction of sp³-hybridized carbons (Fsp3) is 0.212. The summed E-state index contributed by atoms with van der Waals surface area (Å²) in [6.07, 6.45) is 6.92. The van der Waals surface area contributed by atoms with Crippen LogP contribution in [0, 0.1) is 0 Å². The maximum Gasteiger partial charge on any atom is 0.271 e. The molecule has 1 aromatic heterocycles. The molecule has 1 atom stereocenters. The average molecular weight is 565 g/mol. The molecule has 0 saturated carbocycles. The van der Waals surface area contributed by atoms with Gasteiger partial charge in [0.05, 0.1) is 30.5 Å². The number of hydrogen-bond donors (Lipinski definition) is 0. The number of allylic oxidation sites excluding steroid dienone is 2. The van der Waals surface area contributed by atoms with E-state index < -0.39 is 0 Å². The Morgan fingerprint density at radius 3 is 2.34 bits per heavy atom. The highest BCUT2D eigenvalue weighted by atomic mass is 32.1. The molecule has 4 aromatic rings. The first-order valence-electron chi connectivity index (χ1n) is 13.5. The highest BCUT2D eigenvalue weighted by Crippen LogP contribution is 2.41. The zero-order valence-corrected chi connectivity index (χ0v) is 23.6. The standard InChI is InChI=1S/C33H28N2O5S/c1-37-24-11-6-20(7-12-24)16-23-4-3-5-26-30(23)34-33-35(31(26)22-9-13-25(38-2)14-10-22)32(36)29(41-33)18-21-8-15-27-28(17-21)40-19-39-27/h6-18,31H,3-5,19H2,1-2H3/b23-16+,29-18-. The number of nitrogens with zero attached hydrogens (tertiary/aromatic N) is 2. The Hall–Kier alpha value is -4.56. The quantitative estimate of drug-likeness (QED) is 0.332. The lowest BCUT2D eigenvalue weighted by molar-refractivity contribution is 0.174. The Balaban J connectivity index is 1.40. The molecule has 0 N–H and O–H groups in total. The zero-order chi connectivity index (χ0) is 27.9. The van der Waals surface area contributed by atoms with Gasteiger partial charge in [0.15, 0.2) is 16.3 Å². The Labute approximate surface area is 240 Å². The first-order valence-corrected chi connectivity index (χ1v) is 14.4. The topological polar surface area (TPSA) is 71.3 Å². The van der Waals surface area contributed by atoms with Gasteiger partial charge in [-0.25, -0.2) is 4.99 Å². The van der Waals surface area contributed by atoms with Gasteiger partial charge >= 0.3 is 0 Å². The van der Waals surface area contributed by atoms with Crippen LogP contribution in [-0.2, 0) is 0 Å². The van der Waals surface area contributed by atoms with Gasteiger partial charge in [0.25, 0.3) is 5.56 Å². The fourth-order valence-corrected chi connectivity index (χ4v) is 6.70. The predicted octanol–water partition coefficient (Wildman–Crippen LogP) is 5.23. The van der Waals surface area contributed by atoms with Gasteiger partial charge in [-0.3, -0.25) is 9.36 Å². The molecule has 3 aromatic carbocycles. The van der Waals surface area contributed by atoms with E-state index in [1.54, 1.807) is 14.2 Å². The first kappa shape index (κ1) is 25.4.